The highest BCUT2D eigenvalue weighted by Gasteiger charge is 2.27. The third-order valence-corrected chi connectivity index (χ3v) is 5.14. The van der Waals surface area contributed by atoms with Gasteiger partial charge in [-0.2, -0.15) is 5.10 Å². The molecule has 0 aliphatic heterocycles. The molecule has 0 saturated heterocycles. The zero-order valence-corrected chi connectivity index (χ0v) is 13.3. The van der Waals surface area contributed by atoms with Crippen LogP contribution in [-0.2, 0) is 6.54 Å². The summed E-state index contributed by atoms with van der Waals surface area (Å²) in [4.78, 5) is 12.2. The molecule has 0 atom stereocenters. The number of H-pyrrole nitrogens is 1. The first-order valence-corrected chi connectivity index (χ1v) is 8.45. The van der Waals surface area contributed by atoms with Crippen molar-refractivity contribution in [3.8, 4) is 0 Å². The third-order valence-electron chi connectivity index (χ3n) is 4.04. The minimum Gasteiger partial charge on any atom is -0.348 e. The Morgan fingerprint density at radius 3 is 3.05 bits per heavy atom. The van der Waals surface area contributed by atoms with Crippen LogP contribution in [0.25, 0.3) is 10.9 Å². The lowest BCUT2D eigenvalue weighted by Gasteiger charge is -2.11. The Morgan fingerprint density at radius 2 is 2.32 bits per heavy atom. The summed E-state index contributed by atoms with van der Waals surface area (Å²) in [6, 6.07) is 5.92. The van der Waals surface area contributed by atoms with Gasteiger partial charge in [0.2, 0.25) is 0 Å². The fourth-order valence-corrected chi connectivity index (χ4v) is 3.63. The van der Waals surface area contributed by atoms with Crippen molar-refractivity contribution in [2.24, 2.45) is 0 Å². The SMILES string of the molecule is O=C(NCc1c(C2CC2)ccc2[nH]ncc12)c1csc(Cl)c1. The number of benzene rings is 1. The third kappa shape index (κ3) is 2.51. The fourth-order valence-electron chi connectivity index (χ4n) is 2.77. The maximum Gasteiger partial charge on any atom is 0.252 e. The van der Waals surface area contributed by atoms with Gasteiger partial charge >= 0.3 is 0 Å². The number of fused-ring (bicyclic) bond motifs is 1. The van der Waals surface area contributed by atoms with Crippen LogP contribution < -0.4 is 5.32 Å². The normalized spacial score (nSPS) is 14.4. The molecule has 0 bridgehead atoms. The van der Waals surface area contributed by atoms with Crippen LogP contribution in [0.4, 0.5) is 0 Å². The van der Waals surface area contributed by atoms with Gasteiger partial charge in [-0.25, -0.2) is 0 Å². The zero-order chi connectivity index (χ0) is 15.1. The Kier molecular flexibility index (Phi) is 3.39. The van der Waals surface area contributed by atoms with Crippen LogP contribution in [-0.4, -0.2) is 16.1 Å². The van der Waals surface area contributed by atoms with Crippen LogP contribution in [0.3, 0.4) is 0 Å². The highest BCUT2D eigenvalue weighted by atomic mass is 35.5. The predicted molar refractivity (Wildman–Crippen MR) is 88.6 cm³/mol. The Bertz CT molecular complexity index is 850. The maximum absolute atomic E-state index is 12.2. The number of amides is 1. The summed E-state index contributed by atoms with van der Waals surface area (Å²) < 4.78 is 0.626. The van der Waals surface area contributed by atoms with Crippen LogP contribution in [0.1, 0.15) is 40.2 Å². The van der Waals surface area contributed by atoms with E-state index >= 15 is 0 Å². The lowest BCUT2D eigenvalue weighted by atomic mass is 9.99. The van der Waals surface area contributed by atoms with Gasteiger partial charge in [-0.1, -0.05) is 17.7 Å². The molecule has 2 aromatic heterocycles. The summed E-state index contributed by atoms with van der Waals surface area (Å²) in [6.45, 7) is 0.509. The first kappa shape index (κ1) is 13.8. The first-order valence-electron chi connectivity index (χ1n) is 7.19. The molecule has 4 nitrogen and oxygen atoms in total. The van der Waals surface area contributed by atoms with Gasteiger partial charge in [0.05, 0.1) is 21.6 Å². The molecule has 1 aliphatic rings. The Hall–Kier alpha value is -1.85. The fraction of sp³-hybridized carbons (Fsp3) is 0.250. The van der Waals surface area contributed by atoms with E-state index in [1.54, 1.807) is 11.4 Å². The van der Waals surface area contributed by atoms with Crippen molar-refractivity contribution >= 4 is 39.7 Å². The molecule has 2 N–H and O–H groups in total. The summed E-state index contributed by atoms with van der Waals surface area (Å²) in [7, 11) is 0. The van der Waals surface area contributed by atoms with Crippen LogP contribution in [0.15, 0.2) is 29.8 Å². The highest BCUT2D eigenvalue weighted by molar-refractivity contribution is 7.14. The lowest BCUT2D eigenvalue weighted by Crippen LogP contribution is -2.23. The van der Waals surface area contributed by atoms with E-state index < -0.39 is 0 Å². The maximum atomic E-state index is 12.2. The van der Waals surface area contributed by atoms with Gasteiger partial charge in [0.1, 0.15) is 0 Å². The molecule has 112 valence electrons. The molecule has 1 aliphatic carbocycles. The molecule has 0 unspecified atom stereocenters. The Balaban J connectivity index is 1.61. The van der Waals surface area contributed by atoms with Crippen LogP contribution in [0, 0.1) is 0 Å². The molecule has 1 fully saturated rings. The summed E-state index contributed by atoms with van der Waals surface area (Å²) in [5.74, 6) is 0.534. The smallest absolute Gasteiger partial charge is 0.252 e. The number of thiophene rings is 1. The molecule has 22 heavy (non-hydrogen) atoms. The average molecular weight is 332 g/mol. The van der Waals surface area contributed by atoms with Gasteiger partial charge in [-0.15, -0.1) is 11.3 Å². The Labute approximate surface area is 136 Å². The minimum atomic E-state index is -0.0922. The number of nitrogens with zero attached hydrogens (tertiary/aromatic N) is 1. The molecule has 1 aromatic carbocycles. The van der Waals surface area contributed by atoms with Crippen molar-refractivity contribution < 1.29 is 4.79 Å². The van der Waals surface area contributed by atoms with Crippen molar-refractivity contribution in [3.63, 3.8) is 0 Å². The van der Waals surface area contributed by atoms with Gasteiger partial charge < -0.3 is 5.32 Å². The molecular formula is C16H14ClN3OS. The van der Waals surface area contributed by atoms with Crippen molar-refractivity contribution in [2.75, 3.05) is 0 Å². The number of rotatable bonds is 4. The molecule has 6 heteroatoms. The molecule has 1 amide bonds. The number of carbonyl (C=O) groups excluding carboxylic acids is 1. The van der Waals surface area contributed by atoms with Crippen molar-refractivity contribution in [3.05, 3.63) is 50.8 Å². The first-order chi connectivity index (χ1) is 10.7. The number of aromatic amines is 1. The zero-order valence-electron chi connectivity index (χ0n) is 11.7. The van der Waals surface area contributed by atoms with Crippen molar-refractivity contribution in [1.29, 1.82) is 0 Å². The molecule has 4 rings (SSSR count). The summed E-state index contributed by atoms with van der Waals surface area (Å²) in [6.07, 6.45) is 4.29. The second-order valence-electron chi connectivity index (χ2n) is 5.56. The van der Waals surface area contributed by atoms with E-state index in [1.807, 2.05) is 6.20 Å². The van der Waals surface area contributed by atoms with E-state index in [2.05, 4.69) is 27.6 Å². The molecule has 3 aromatic rings. The number of hydrogen-bond acceptors (Lipinski definition) is 3. The number of halogens is 1. The lowest BCUT2D eigenvalue weighted by molar-refractivity contribution is 0.0951. The topological polar surface area (TPSA) is 57.8 Å². The van der Waals surface area contributed by atoms with Crippen LogP contribution in [0.5, 0.6) is 0 Å². The van der Waals surface area contributed by atoms with E-state index in [0.29, 0.717) is 22.4 Å². The highest BCUT2D eigenvalue weighted by Crippen LogP contribution is 2.43. The van der Waals surface area contributed by atoms with Gasteiger partial charge in [0, 0.05) is 17.3 Å². The largest absolute Gasteiger partial charge is 0.348 e. The summed E-state index contributed by atoms with van der Waals surface area (Å²) in [5, 5.41) is 13.0. The standard InChI is InChI=1S/C16H14ClN3OS/c17-15-5-10(8-22-15)16(21)18-6-12-11(9-1-2-9)3-4-14-13(12)7-19-20-14/h3-5,7-9H,1-2,6H2,(H,18,21)(H,19,20). The average Bonchev–Trinajstić information content (AvgIpc) is 3.07. The molecule has 1 saturated carbocycles. The second kappa shape index (κ2) is 5.41. The van der Waals surface area contributed by atoms with Crippen molar-refractivity contribution in [1.82, 2.24) is 15.5 Å². The van der Waals surface area contributed by atoms with E-state index in [4.69, 9.17) is 11.6 Å². The number of carbonyl (C=O) groups is 1. The minimum absolute atomic E-state index is 0.0922. The molecule has 0 radical (unpaired) electrons. The second-order valence-corrected chi connectivity index (χ2v) is 7.10. The number of hydrogen-bond donors (Lipinski definition) is 2. The van der Waals surface area contributed by atoms with Crippen LogP contribution in [0.2, 0.25) is 4.34 Å². The summed E-state index contributed by atoms with van der Waals surface area (Å²) >= 11 is 7.25. The van der Waals surface area contributed by atoms with Gasteiger partial charge in [-0.3, -0.25) is 9.89 Å². The van der Waals surface area contributed by atoms with Crippen LogP contribution >= 0.6 is 22.9 Å². The quantitative estimate of drug-likeness (QED) is 0.756. The Morgan fingerprint density at radius 1 is 1.45 bits per heavy atom. The van der Waals surface area contributed by atoms with E-state index in [1.165, 1.54) is 35.3 Å². The predicted octanol–water partition coefficient (Wildman–Crippen LogP) is 4.09. The monoisotopic (exact) mass is 331 g/mol. The van der Waals surface area contributed by atoms with Gasteiger partial charge in [0.25, 0.3) is 5.91 Å². The number of aromatic nitrogens is 2. The molecular weight excluding hydrogens is 318 g/mol. The van der Waals surface area contributed by atoms with E-state index in [0.717, 1.165) is 10.9 Å². The van der Waals surface area contributed by atoms with Gasteiger partial charge in [0.15, 0.2) is 0 Å². The molecule has 0 spiro atoms. The van der Waals surface area contributed by atoms with Crippen molar-refractivity contribution in [2.45, 2.75) is 25.3 Å². The van der Waals surface area contributed by atoms with Gasteiger partial charge in [-0.05, 0) is 42.0 Å². The van der Waals surface area contributed by atoms with E-state index in [-0.39, 0.29) is 5.91 Å². The van der Waals surface area contributed by atoms with E-state index in [9.17, 15) is 4.79 Å². The summed E-state index contributed by atoms with van der Waals surface area (Å²) in [5.41, 5.74) is 4.12. The number of nitrogens with one attached hydrogen (secondary N) is 2. The molecule has 2 heterocycles.